The Labute approximate surface area is 79.6 Å². The van der Waals surface area contributed by atoms with E-state index >= 15 is 0 Å². The first-order valence-corrected chi connectivity index (χ1v) is 3.76. The first kappa shape index (κ1) is 12.2. The lowest BCUT2D eigenvalue weighted by atomic mass is 10.1. The van der Waals surface area contributed by atoms with Crippen molar-refractivity contribution in [2.24, 2.45) is 0 Å². The predicted molar refractivity (Wildman–Crippen MR) is 44.1 cm³/mol. The third-order valence-electron chi connectivity index (χ3n) is 1.69. The number of likely N-dealkylation sites (N-methyl/N-ethyl adjacent to an activating group) is 1. The molecule has 0 aliphatic carbocycles. The number of hydrogen-bond donors (Lipinski definition) is 3. The zero-order valence-electron chi connectivity index (χ0n) is 7.51. The molecule has 0 bridgehead atoms. The minimum atomic E-state index is -1.40. The van der Waals surface area contributed by atoms with Crippen LogP contribution in [0.3, 0.4) is 0 Å². The van der Waals surface area contributed by atoms with Gasteiger partial charge in [0.05, 0.1) is 0 Å². The molecule has 80 valence electrons. The Kier molecular flexibility index (Phi) is 4.41. The van der Waals surface area contributed by atoms with Gasteiger partial charge < -0.3 is 15.3 Å². The normalized spacial score (nSPS) is 11.8. The Morgan fingerprint density at radius 3 is 2.00 bits per heavy atom. The highest BCUT2D eigenvalue weighted by atomic mass is 16.4. The van der Waals surface area contributed by atoms with Crippen molar-refractivity contribution in [2.75, 3.05) is 7.05 Å². The van der Waals surface area contributed by atoms with Gasteiger partial charge in [-0.05, 0) is 6.42 Å². The first-order valence-electron chi connectivity index (χ1n) is 3.76. The Hall–Kier alpha value is -1.79. The summed E-state index contributed by atoms with van der Waals surface area (Å²) in [7, 11) is 1.09. The summed E-state index contributed by atoms with van der Waals surface area (Å²) in [6.45, 7) is 0. The average molecular weight is 205 g/mol. The monoisotopic (exact) mass is 205 g/mol. The molecule has 7 nitrogen and oxygen atoms in total. The summed E-state index contributed by atoms with van der Waals surface area (Å²) in [6.07, 6.45) is -2.02. The molecular weight excluding hydrogens is 194 g/mol. The van der Waals surface area contributed by atoms with Gasteiger partial charge in [-0.2, -0.15) is 0 Å². The van der Waals surface area contributed by atoms with E-state index in [2.05, 4.69) is 0 Å². The van der Waals surface area contributed by atoms with E-state index in [0.29, 0.717) is 4.90 Å². The zero-order valence-corrected chi connectivity index (χ0v) is 7.51. The third kappa shape index (κ3) is 3.74. The van der Waals surface area contributed by atoms with Crippen molar-refractivity contribution < 1.29 is 29.7 Å². The minimum absolute atomic E-state index is 0.243. The highest BCUT2D eigenvalue weighted by Gasteiger charge is 2.26. The molecule has 14 heavy (non-hydrogen) atoms. The van der Waals surface area contributed by atoms with Crippen LogP contribution in [0.1, 0.15) is 12.8 Å². The second kappa shape index (κ2) is 5.05. The molecule has 0 radical (unpaired) electrons. The number of rotatable bonds is 5. The molecule has 0 saturated heterocycles. The van der Waals surface area contributed by atoms with Crippen LogP contribution in [0.2, 0.25) is 0 Å². The van der Waals surface area contributed by atoms with Gasteiger partial charge in [0.25, 0.3) is 0 Å². The number of carboxylic acids is 2. The van der Waals surface area contributed by atoms with Crippen LogP contribution in [0.25, 0.3) is 0 Å². The van der Waals surface area contributed by atoms with E-state index in [4.69, 9.17) is 15.3 Å². The first-order chi connectivity index (χ1) is 6.36. The van der Waals surface area contributed by atoms with Crippen LogP contribution in [0.5, 0.6) is 0 Å². The molecule has 1 atom stereocenters. The second-order valence-electron chi connectivity index (χ2n) is 2.68. The Morgan fingerprint density at radius 1 is 1.21 bits per heavy atom. The van der Waals surface area contributed by atoms with Gasteiger partial charge in [0.15, 0.2) is 0 Å². The number of carbonyl (C=O) groups is 3. The molecular formula is C7H11NO6. The van der Waals surface area contributed by atoms with Gasteiger partial charge in [0.1, 0.15) is 6.04 Å². The molecule has 1 amide bonds. The molecule has 0 saturated carbocycles. The standard InChI is InChI=1S/C7H11NO6/c1-8(7(13)14)4(6(11)12)2-3-5(9)10/h4H,2-3H2,1H3,(H,9,10)(H,11,12)(H,13,14)/t4-/m0/s1. The summed E-state index contributed by atoms with van der Waals surface area (Å²) in [4.78, 5) is 31.7. The van der Waals surface area contributed by atoms with Gasteiger partial charge in [0, 0.05) is 13.5 Å². The van der Waals surface area contributed by atoms with Crippen molar-refractivity contribution in [1.29, 1.82) is 0 Å². The maximum Gasteiger partial charge on any atom is 0.407 e. The SMILES string of the molecule is CN(C(=O)O)[C@@H](CCC(=O)O)C(=O)O. The van der Waals surface area contributed by atoms with Crippen LogP contribution < -0.4 is 0 Å². The van der Waals surface area contributed by atoms with Crippen LogP contribution in [-0.2, 0) is 9.59 Å². The number of amides is 1. The van der Waals surface area contributed by atoms with E-state index in [-0.39, 0.29) is 12.8 Å². The number of hydrogen-bond acceptors (Lipinski definition) is 3. The fraction of sp³-hybridized carbons (Fsp3) is 0.571. The zero-order chi connectivity index (χ0) is 11.3. The van der Waals surface area contributed by atoms with Gasteiger partial charge in [-0.1, -0.05) is 0 Å². The lowest BCUT2D eigenvalue weighted by Crippen LogP contribution is -2.41. The fourth-order valence-corrected chi connectivity index (χ4v) is 0.876. The maximum atomic E-state index is 10.6. The van der Waals surface area contributed by atoms with Crippen LogP contribution in [-0.4, -0.2) is 51.3 Å². The topological polar surface area (TPSA) is 115 Å². The molecule has 0 fully saturated rings. The van der Waals surface area contributed by atoms with Gasteiger partial charge in [-0.3, -0.25) is 9.69 Å². The van der Waals surface area contributed by atoms with Crippen molar-refractivity contribution in [3.63, 3.8) is 0 Å². The summed E-state index contributed by atoms with van der Waals surface area (Å²) in [5.41, 5.74) is 0. The van der Waals surface area contributed by atoms with Crippen LogP contribution in [0, 0.1) is 0 Å². The molecule has 7 heteroatoms. The van der Waals surface area contributed by atoms with Gasteiger partial charge in [0.2, 0.25) is 0 Å². The molecule has 0 aliphatic rings. The van der Waals surface area contributed by atoms with E-state index in [0.717, 1.165) is 7.05 Å². The van der Waals surface area contributed by atoms with Crippen molar-refractivity contribution in [2.45, 2.75) is 18.9 Å². The largest absolute Gasteiger partial charge is 0.481 e. The quantitative estimate of drug-likeness (QED) is 0.577. The summed E-state index contributed by atoms with van der Waals surface area (Å²) < 4.78 is 0. The second-order valence-corrected chi connectivity index (χ2v) is 2.68. The van der Waals surface area contributed by atoms with E-state index in [1.165, 1.54) is 0 Å². The minimum Gasteiger partial charge on any atom is -0.481 e. The number of carboxylic acid groups (broad SMARTS) is 3. The molecule has 0 aromatic heterocycles. The van der Waals surface area contributed by atoms with Crippen molar-refractivity contribution in [1.82, 2.24) is 4.90 Å². The summed E-state index contributed by atoms with van der Waals surface area (Å²) in [6, 6.07) is -1.32. The van der Waals surface area contributed by atoms with Crippen molar-refractivity contribution >= 4 is 18.0 Å². The smallest absolute Gasteiger partial charge is 0.407 e. The Morgan fingerprint density at radius 2 is 1.71 bits per heavy atom. The van der Waals surface area contributed by atoms with Gasteiger partial charge in [-0.25, -0.2) is 9.59 Å². The molecule has 0 spiro atoms. The average Bonchev–Trinajstić information content (AvgIpc) is 2.02. The van der Waals surface area contributed by atoms with E-state index in [9.17, 15) is 14.4 Å². The van der Waals surface area contributed by atoms with Crippen LogP contribution in [0.15, 0.2) is 0 Å². The predicted octanol–water partition coefficient (Wildman–Crippen LogP) is -0.0858. The fourth-order valence-electron chi connectivity index (χ4n) is 0.876. The summed E-state index contributed by atoms with van der Waals surface area (Å²) in [5.74, 6) is -2.51. The van der Waals surface area contributed by atoms with Gasteiger partial charge >= 0.3 is 18.0 Å². The Bertz CT molecular complexity index is 251. The molecule has 0 aliphatic heterocycles. The van der Waals surface area contributed by atoms with Crippen LogP contribution in [0.4, 0.5) is 4.79 Å². The van der Waals surface area contributed by atoms with E-state index < -0.39 is 24.1 Å². The number of aliphatic carboxylic acids is 2. The molecule has 0 heterocycles. The van der Waals surface area contributed by atoms with Crippen LogP contribution >= 0.6 is 0 Å². The molecule has 3 N–H and O–H groups in total. The lowest BCUT2D eigenvalue weighted by Gasteiger charge is -2.20. The summed E-state index contributed by atoms with van der Waals surface area (Å²) >= 11 is 0. The molecule has 0 aromatic rings. The van der Waals surface area contributed by atoms with Gasteiger partial charge in [-0.15, -0.1) is 0 Å². The Balaban J connectivity index is 4.37. The molecule has 0 aromatic carbocycles. The van der Waals surface area contributed by atoms with Crippen molar-refractivity contribution in [3.8, 4) is 0 Å². The highest BCUT2D eigenvalue weighted by molar-refractivity contribution is 5.79. The van der Waals surface area contributed by atoms with E-state index in [1.807, 2.05) is 0 Å². The summed E-state index contributed by atoms with van der Waals surface area (Å²) in [5, 5.41) is 25.4. The third-order valence-corrected chi connectivity index (χ3v) is 1.69. The molecule has 0 rings (SSSR count). The highest BCUT2D eigenvalue weighted by Crippen LogP contribution is 2.05. The van der Waals surface area contributed by atoms with Crippen molar-refractivity contribution in [3.05, 3.63) is 0 Å². The maximum absolute atomic E-state index is 10.6. The van der Waals surface area contributed by atoms with E-state index in [1.54, 1.807) is 0 Å². The number of nitrogens with zero attached hydrogens (tertiary/aromatic N) is 1. The molecule has 0 unspecified atom stereocenters. The lowest BCUT2D eigenvalue weighted by molar-refractivity contribution is -0.143.